The molecule has 0 radical (unpaired) electrons. The van der Waals surface area contributed by atoms with Gasteiger partial charge < -0.3 is 14.7 Å². The molecule has 9 heteroatoms. The van der Waals surface area contributed by atoms with Gasteiger partial charge in [0.05, 0.1) is 11.2 Å². The van der Waals surface area contributed by atoms with Crippen LogP contribution in [0.4, 0.5) is 19.0 Å². The predicted molar refractivity (Wildman–Crippen MR) is 104 cm³/mol. The second-order valence-electron chi connectivity index (χ2n) is 7.81. The number of fused-ring (bicyclic) bond motifs is 1. The molecule has 2 aliphatic heterocycles. The van der Waals surface area contributed by atoms with Crippen molar-refractivity contribution in [1.29, 1.82) is 0 Å². The SMILES string of the molecule is Oc1cc(C(F)(F)F)ccc1-c1nnc(N2CC[C@]3(CCCO3)C2)c2ncccc12. The predicted octanol–water partition coefficient (Wildman–Crippen LogP) is 4.18. The molecule has 0 saturated carbocycles. The zero-order chi connectivity index (χ0) is 20.9. The van der Waals surface area contributed by atoms with Crippen molar-refractivity contribution >= 4 is 16.7 Å². The molecule has 3 aromatic rings. The first kappa shape index (κ1) is 19.0. The summed E-state index contributed by atoms with van der Waals surface area (Å²) in [4.78, 5) is 6.57. The number of phenols is 1. The molecule has 1 N–H and O–H groups in total. The second-order valence-corrected chi connectivity index (χ2v) is 7.81. The van der Waals surface area contributed by atoms with Crippen LogP contribution >= 0.6 is 0 Å². The lowest BCUT2D eigenvalue weighted by atomic mass is 10.00. The van der Waals surface area contributed by atoms with Crippen molar-refractivity contribution in [1.82, 2.24) is 15.2 Å². The van der Waals surface area contributed by atoms with Gasteiger partial charge in [-0.3, -0.25) is 4.98 Å². The maximum absolute atomic E-state index is 12.9. The van der Waals surface area contributed by atoms with E-state index in [2.05, 4.69) is 20.1 Å². The summed E-state index contributed by atoms with van der Waals surface area (Å²) in [6.45, 7) is 2.24. The Morgan fingerprint density at radius 2 is 2.00 bits per heavy atom. The van der Waals surface area contributed by atoms with E-state index in [1.165, 1.54) is 6.07 Å². The van der Waals surface area contributed by atoms with Gasteiger partial charge in [0.25, 0.3) is 0 Å². The number of alkyl halides is 3. The lowest BCUT2D eigenvalue weighted by Gasteiger charge is -2.24. The number of aromatic hydroxyl groups is 1. The smallest absolute Gasteiger partial charge is 0.416 e. The molecule has 156 valence electrons. The van der Waals surface area contributed by atoms with Crippen LogP contribution in [0.1, 0.15) is 24.8 Å². The van der Waals surface area contributed by atoms with Gasteiger partial charge in [0.15, 0.2) is 5.82 Å². The van der Waals surface area contributed by atoms with Gasteiger partial charge in [-0.15, -0.1) is 10.2 Å². The number of pyridine rings is 1. The first-order chi connectivity index (χ1) is 14.4. The largest absolute Gasteiger partial charge is 0.507 e. The van der Waals surface area contributed by atoms with Crippen LogP contribution in [0.15, 0.2) is 36.5 Å². The molecule has 1 aromatic carbocycles. The number of aromatic nitrogens is 3. The summed E-state index contributed by atoms with van der Waals surface area (Å²) >= 11 is 0. The molecule has 5 rings (SSSR count). The number of phenolic OH excluding ortho intramolecular Hbond substituents is 1. The molecule has 30 heavy (non-hydrogen) atoms. The van der Waals surface area contributed by atoms with Gasteiger partial charge in [-0.1, -0.05) is 0 Å². The molecule has 1 atom stereocenters. The van der Waals surface area contributed by atoms with E-state index in [4.69, 9.17) is 4.74 Å². The number of hydrogen-bond donors (Lipinski definition) is 1. The summed E-state index contributed by atoms with van der Waals surface area (Å²) in [6, 6.07) is 6.35. The minimum absolute atomic E-state index is 0.146. The molecule has 0 unspecified atom stereocenters. The van der Waals surface area contributed by atoms with E-state index in [0.29, 0.717) is 35.0 Å². The van der Waals surface area contributed by atoms with Crippen molar-refractivity contribution in [3.8, 4) is 17.0 Å². The van der Waals surface area contributed by atoms with E-state index in [9.17, 15) is 18.3 Å². The summed E-state index contributed by atoms with van der Waals surface area (Å²) in [5, 5.41) is 19.5. The van der Waals surface area contributed by atoms with E-state index in [1.807, 2.05) is 0 Å². The molecule has 6 nitrogen and oxygen atoms in total. The topological polar surface area (TPSA) is 71.4 Å². The van der Waals surface area contributed by atoms with Crippen LogP contribution in [0.3, 0.4) is 0 Å². The Balaban J connectivity index is 1.57. The van der Waals surface area contributed by atoms with Gasteiger partial charge in [0.2, 0.25) is 0 Å². The summed E-state index contributed by atoms with van der Waals surface area (Å²) < 4.78 is 44.8. The Kier molecular flexibility index (Phi) is 4.32. The highest BCUT2D eigenvalue weighted by molar-refractivity contribution is 5.98. The molecule has 4 heterocycles. The van der Waals surface area contributed by atoms with Crippen LogP contribution in [0, 0.1) is 0 Å². The lowest BCUT2D eigenvalue weighted by molar-refractivity contribution is -0.137. The number of rotatable bonds is 2. The lowest BCUT2D eigenvalue weighted by Crippen LogP contribution is -2.32. The Hall–Kier alpha value is -2.94. The van der Waals surface area contributed by atoms with Crippen LogP contribution in [0.5, 0.6) is 5.75 Å². The fourth-order valence-corrected chi connectivity index (χ4v) is 4.40. The van der Waals surface area contributed by atoms with Crippen molar-refractivity contribution in [3.05, 3.63) is 42.1 Å². The third-order valence-electron chi connectivity index (χ3n) is 5.90. The minimum Gasteiger partial charge on any atom is -0.507 e. The minimum atomic E-state index is -4.54. The van der Waals surface area contributed by atoms with Gasteiger partial charge in [-0.25, -0.2) is 0 Å². The highest BCUT2D eigenvalue weighted by Gasteiger charge is 2.42. The monoisotopic (exact) mass is 416 g/mol. The molecule has 2 saturated heterocycles. The van der Waals surface area contributed by atoms with E-state index in [-0.39, 0.29) is 11.2 Å². The molecular weight excluding hydrogens is 397 g/mol. The number of halogens is 3. The normalized spacial score (nSPS) is 21.8. The molecule has 0 amide bonds. The maximum atomic E-state index is 12.9. The van der Waals surface area contributed by atoms with Crippen molar-refractivity contribution in [3.63, 3.8) is 0 Å². The van der Waals surface area contributed by atoms with Crippen molar-refractivity contribution in [2.45, 2.75) is 31.0 Å². The van der Waals surface area contributed by atoms with E-state index in [1.54, 1.807) is 18.3 Å². The van der Waals surface area contributed by atoms with Crippen LogP contribution < -0.4 is 4.90 Å². The van der Waals surface area contributed by atoms with Crippen molar-refractivity contribution in [2.24, 2.45) is 0 Å². The molecule has 2 aliphatic rings. The second kappa shape index (κ2) is 6.80. The first-order valence-electron chi connectivity index (χ1n) is 9.77. The summed E-state index contributed by atoms with van der Waals surface area (Å²) in [5.41, 5.74) is -0.00429. The zero-order valence-corrected chi connectivity index (χ0v) is 16.0. The number of benzene rings is 1. The molecule has 2 fully saturated rings. The average molecular weight is 416 g/mol. The Morgan fingerprint density at radius 3 is 2.73 bits per heavy atom. The molecule has 2 aromatic heterocycles. The van der Waals surface area contributed by atoms with Gasteiger partial charge >= 0.3 is 6.18 Å². The molecule has 0 bridgehead atoms. The quantitative estimate of drug-likeness (QED) is 0.676. The van der Waals surface area contributed by atoms with E-state index < -0.39 is 17.5 Å². The zero-order valence-electron chi connectivity index (χ0n) is 16.0. The van der Waals surface area contributed by atoms with Gasteiger partial charge in [-0.05, 0) is 49.6 Å². The third kappa shape index (κ3) is 3.13. The molecular formula is C21H19F3N4O2. The van der Waals surface area contributed by atoms with Crippen LogP contribution in [0.2, 0.25) is 0 Å². The highest BCUT2D eigenvalue weighted by Crippen LogP contribution is 2.41. The molecule has 0 aliphatic carbocycles. The van der Waals surface area contributed by atoms with Gasteiger partial charge in [0, 0.05) is 36.8 Å². The van der Waals surface area contributed by atoms with E-state index >= 15 is 0 Å². The number of ether oxygens (including phenoxy) is 1. The van der Waals surface area contributed by atoms with E-state index in [0.717, 1.165) is 38.5 Å². The Labute approximate surface area is 170 Å². The van der Waals surface area contributed by atoms with Crippen molar-refractivity contribution < 1.29 is 23.0 Å². The Bertz CT molecular complexity index is 1110. The summed E-state index contributed by atoms with van der Waals surface area (Å²) in [7, 11) is 0. The number of nitrogens with zero attached hydrogens (tertiary/aromatic N) is 4. The van der Waals surface area contributed by atoms with Crippen LogP contribution in [0.25, 0.3) is 22.2 Å². The van der Waals surface area contributed by atoms with Gasteiger partial charge in [0.1, 0.15) is 17.0 Å². The molecule has 1 spiro atoms. The third-order valence-corrected chi connectivity index (χ3v) is 5.90. The van der Waals surface area contributed by atoms with Crippen molar-refractivity contribution in [2.75, 3.05) is 24.6 Å². The average Bonchev–Trinajstić information content (AvgIpc) is 3.36. The maximum Gasteiger partial charge on any atom is 0.416 e. The summed E-state index contributed by atoms with van der Waals surface area (Å²) in [6.07, 6.45) is 0.0693. The highest BCUT2D eigenvalue weighted by atomic mass is 19.4. The van der Waals surface area contributed by atoms with Gasteiger partial charge in [-0.2, -0.15) is 13.2 Å². The first-order valence-corrected chi connectivity index (χ1v) is 9.77. The van der Waals surface area contributed by atoms with Crippen LogP contribution in [-0.4, -0.2) is 45.6 Å². The van der Waals surface area contributed by atoms with Crippen LogP contribution in [-0.2, 0) is 10.9 Å². The standard InChI is InChI=1S/C21H19F3N4O2/c22-21(23,24)13-4-5-14(16(29)11-13)17-15-3-1-8-25-18(15)19(27-26-17)28-9-7-20(12-28)6-2-10-30-20/h1,3-5,8,11,29H,2,6-7,9-10,12H2/t20-/m1/s1. The fourth-order valence-electron chi connectivity index (χ4n) is 4.40. The number of anilines is 1. The fraction of sp³-hybridized carbons (Fsp3) is 0.381. The number of hydrogen-bond acceptors (Lipinski definition) is 6. The summed E-state index contributed by atoms with van der Waals surface area (Å²) in [5.74, 6) is 0.115. The Morgan fingerprint density at radius 1 is 1.13 bits per heavy atom.